The van der Waals surface area contributed by atoms with Crippen molar-refractivity contribution in [1.82, 2.24) is 19.9 Å². The molecule has 3 rings (SSSR count). The smallest absolute Gasteiger partial charge is 0.139 e. The summed E-state index contributed by atoms with van der Waals surface area (Å²) in [6, 6.07) is 7.85. The minimum absolute atomic E-state index is 0.563. The van der Waals surface area contributed by atoms with Crippen LogP contribution in [0.4, 0.5) is 0 Å². The van der Waals surface area contributed by atoms with E-state index in [4.69, 9.17) is 12.2 Å². The lowest BCUT2D eigenvalue weighted by molar-refractivity contribution is 0.634. The zero-order valence-corrected chi connectivity index (χ0v) is 12.8. The van der Waals surface area contributed by atoms with Crippen molar-refractivity contribution < 1.29 is 0 Å². The first-order valence-electron chi connectivity index (χ1n) is 6.93. The minimum Gasteiger partial charge on any atom is -0.343 e. The van der Waals surface area contributed by atoms with Crippen molar-refractivity contribution >= 4 is 23.3 Å². The van der Waals surface area contributed by atoms with Gasteiger partial charge in [0.05, 0.1) is 11.0 Å². The van der Waals surface area contributed by atoms with E-state index in [-0.39, 0.29) is 0 Å². The molecule has 0 aliphatic rings. The van der Waals surface area contributed by atoms with E-state index < -0.39 is 0 Å². The Labute approximate surface area is 128 Å². The second-order valence-electron chi connectivity index (χ2n) is 5.45. The Morgan fingerprint density at radius 2 is 1.86 bits per heavy atom. The molecule has 4 nitrogen and oxygen atoms in total. The molecule has 0 atom stereocenters. The average Bonchev–Trinajstić information content (AvgIpc) is 2.45. The van der Waals surface area contributed by atoms with Crippen LogP contribution in [0.5, 0.6) is 0 Å². The van der Waals surface area contributed by atoms with Crippen molar-refractivity contribution in [3.8, 4) is 11.4 Å². The summed E-state index contributed by atoms with van der Waals surface area (Å²) in [6.45, 7) is 4.37. The maximum absolute atomic E-state index is 5.28. The van der Waals surface area contributed by atoms with E-state index in [0.717, 1.165) is 34.5 Å². The van der Waals surface area contributed by atoms with Gasteiger partial charge in [-0.2, -0.15) is 0 Å². The van der Waals surface area contributed by atoms with Gasteiger partial charge in [-0.05, 0) is 36.6 Å². The number of benzene rings is 1. The highest BCUT2D eigenvalue weighted by molar-refractivity contribution is 7.71. The van der Waals surface area contributed by atoms with E-state index in [9.17, 15) is 0 Å². The fourth-order valence-electron chi connectivity index (χ4n) is 2.30. The topological polar surface area (TPSA) is 54.5 Å². The molecule has 0 fully saturated rings. The number of H-pyrrole nitrogens is 1. The number of aromatic amines is 1. The van der Waals surface area contributed by atoms with E-state index in [0.29, 0.717) is 10.6 Å². The molecule has 0 spiro atoms. The van der Waals surface area contributed by atoms with Crippen LogP contribution in [-0.2, 0) is 6.42 Å². The van der Waals surface area contributed by atoms with Crippen LogP contribution in [0.25, 0.3) is 22.4 Å². The van der Waals surface area contributed by atoms with Gasteiger partial charge in [0.2, 0.25) is 0 Å². The van der Waals surface area contributed by atoms with Gasteiger partial charge in [0.15, 0.2) is 0 Å². The van der Waals surface area contributed by atoms with Crippen molar-refractivity contribution in [2.24, 2.45) is 5.92 Å². The second kappa shape index (κ2) is 5.69. The van der Waals surface area contributed by atoms with Crippen molar-refractivity contribution in [3.63, 3.8) is 0 Å². The summed E-state index contributed by atoms with van der Waals surface area (Å²) < 4.78 is 0.610. The van der Waals surface area contributed by atoms with E-state index in [2.05, 4.69) is 33.8 Å². The molecule has 0 saturated carbocycles. The van der Waals surface area contributed by atoms with Crippen molar-refractivity contribution in [1.29, 1.82) is 0 Å². The van der Waals surface area contributed by atoms with Crippen molar-refractivity contribution in [2.45, 2.75) is 20.3 Å². The summed E-state index contributed by atoms with van der Waals surface area (Å²) in [7, 11) is 0. The number of fused-ring (bicyclic) bond motifs is 1. The third-order valence-corrected chi connectivity index (χ3v) is 3.38. The van der Waals surface area contributed by atoms with Crippen LogP contribution in [0.15, 0.2) is 36.7 Å². The predicted octanol–water partition coefficient (Wildman–Crippen LogP) is 3.95. The average molecular weight is 296 g/mol. The zero-order valence-electron chi connectivity index (χ0n) is 12.0. The molecule has 1 aromatic carbocycles. The van der Waals surface area contributed by atoms with E-state index in [1.807, 2.05) is 24.3 Å². The number of aromatic nitrogens is 4. The number of hydrogen-bond acceptors (Lipinski definition) is 4. The fourth-order valence-corrected chi connectivity index (χ4v) is 2.54. The molecular formula is C16H16N4S. The molecule has 0 aliphatic heterocycles. The molecule has 2 heterocycles. The molecular weight excluding hydrogens is 280 g/mol. The first-order chi connectivity index (χ1) is 10.1. The van der Waals surface area contributed by atoms with Gasteiger partial charge in [-0.25, -0.2) is 4.98 Å². The summed E-state index contributed by atoms with van der Waals surface area (Å²) in [5, 5.41) is 0. The highest BCUT2D eigenvalue weighted by Crippen LogP contribution is 2.20. The summed E-state index contributed by atoms with van der Waals surface area (Å²) in [6.07, 6.45) is 4.33. The molecule has 21 heavy (non-hydrogen) atoms. The summed E-state index contributed by atoms with van der Waals surface area (Å²) in [5.41, 5.74) is 3.81. The quantitative estimate of drug-likeness (QED) is 0.744. The fraction of sp³-hybridized carbons (Fsp3) is 0.250. The molecule has 106 valence electrons. The highest BCUT2D eigenvalue weighted by atomic mass is 32.1. The Balaban J connectivity index is 2.09. The van der Waals surface area contributed by atoms with Gasteiger partial charge in [0.25, 0.3) is 0 Å². The molecule has 0 radical (unpaired) electrons. The van der Waals surface area contributed by atoms with E-state index in [1.54, 1.807) is 12.4 Å². The van der Waals surface area contributed by atoms with Gasteiger partial charge in [-0.15, -0.1) is 0 Å². The lowest BCUT2D eigenvalue weighted by Crippen LogP contribution is -2.00. The number of rotatable bonds is 3. The Hall–Kier alpha value is -2.14. The van der Waals surface area contributed by atoms with Crippen molar-refractivity contribution in [2.75, 3.05) is 0 Å². The standard InChI is InChI=1S/C16H16N4S/c1-10(2)7-12-9-15(21)20-16(19-12)11-3-4-13-14(8-11)18-6-5-17-13/h3-6,8-10H,7H2,1-2H3,(H,19,20,21). The van der Waals surface area contributed by atoms with Gasteiger partial charge in [0, 0.05) is 23.7 Å². The molecule has 0 unspecified atom stereocenters. The van der Waals surface area contributed by atoms with Crippen LogP contribution >= 0.6 is 12.2 Å². The molecule has 1 N–H and O–H groups in total. The minimum atomic E-state index is 0.563. The molecule has 5 heteroatoms. The van der Waals surface area contributed by atoms with Gasteiger partial charge >= 0.3 is 0 Å². The molecule has 3 aromatic rings. The molecule has 0 bridgehead atoms. The first-order valence-corrected chi connectivity index (χ1v) is 7.34. The normalized spacial score (nSPS) is 11.2. The third kappa shape index (κ3) is 3.13. The van der Waals surface area contributed by atoms with Crippen LogP contribution in [0, 0.1) is 10.6 Å². The maximum atomic E-state index is 5.28. The van der Waals surface area contributed by atoms with E-state index in [1.165, 1.54) is 0 Å². The first kappa shape index (κ1) is 13.8. The van der Waals surface area contributed by atoms with Gasteiger partial charge < -0.3 is 4.98 Å². The lowest BCUT2D eigenvalue weighted by Gasteiger charge is -2.08. The Bertz CT molecular complexity index is 839. The Morgan fingerprint density at radius 3 is 2.62 bits per heavy atom. The largest absolute Gasteiger partial charge is 0.343 e. The van der Waals surface area contributed by atoms with Gasteiger partial charge in [-0.1, -0.05) is 26.1 Å². The predicted molar refractivity (Wildman–Crippen MR) is 86.5 cm³/mol. The molecule has 2 aromatic heterocycles. The highest BCUT2D eigenvalue weighted by Gasteiger charge is 2.06. The SMILES string of the molecule is CC(C)Cc1cc(=S)nc(-c2ccc3nccnc3c2)[nH]1. The second-order valence-corrected chi connectivity index (χ2v) is 5.87. The summed E-state index contributed by atoms with van der Waals surface area (Å²) in [5.74, 6) is 1.35. The lowest BCUT2D eigenvalue weighted by atomic mass is 10.1. The Morgan fingerprint density at radius 1 is 1.10 bits per heavy atom. The number of hydrogen-bond donors (Lipinski definition) is 1. The van der Waals surface area contributed by atoms with Crippen LogP contribution in [0.2, 0.25) is 0 Å². The summed E-state index contributed by atoms with van der Waals surface area (Å²) in [4.78, 5) is 16.4. The molecule has 0 amide bonds. The number of nitrogens with one attached hydrogen (secondary N) is 1. The maximum Gasteiger partial charge on any atom is 0.139 e. The van der Waals surface area contributed by atoms with E-state index >= 15 is 0 Å². The van der Waals surface area contributed by atoms with Crippen molar-refractivity contribution in [3.05, 3.63) is 47.0 Å². The zero-order chi connectivity index (χ0) is 14.8. The molecule has 0 aliphatic carbocycles. The van der Waals surface area contributed by atoms with Crippen LogP contribution in [0.1, 0.15) is 19.5 Å². The number of nitrogens with zero attached hydrogens (tertiary/aromatic N) is 3. The van der Waals surface area contributed by atoms with Crippen LogP contribution < -0.4 is 0 Å². The van der Waals surface area contributed by atoms with Crippen LogP contribution in [-0.4, -0.2) is 19.9 Å². The van der Waals surface area contributed by atoms with Crippen LogP contribution in [0.3, 0.4) is 0 Å². The monoisotopic (exact) mass is 296 g/mol. The Kier molecular flexibility index (Phi) is 3.75. The molecule has 0 saturated heterocycles. The summed E-state index contributed by atoms with van der Waals surface area (Å²) >= 11 is 5.28. The van der Waals surface area contributed by atoms with Gasteiger partial charge in [0.1, 0.15) is 10.5 Å². The van der Waals surface area contributed by atoms with Gasteiger partial charge in [-0.3, -0.25) is 9.97 Å². The third-order valence-electron chi connectivity index (χ3n) is 3.17.